The number of benzene rings is 1. The summed E-state index contributed by atoms with van der Waals surface area (Å²) < 4.78 is 15.9. The molecule has 0 unspecified atom stereocenters. The number of aryl methyl sites for hydroxylation is 1. The number of anilines is 1. The third kappa shape index (κ3) is 4.92. The van der Waals surface area contributed by atoms with Crippen LogP contribution in [0.5, 0.6) is 0 Å². The summed E-state index contributed by atoms with van der Waals surface area (Å²) in [6.45, 7) is 5.76. The largest absolute Gasteiger partial charge is 0.461 e. The first-order valence-corrected chi connectivity index (χ1v) is 9.91. The topological polar surface area (TPSA) is 108 Å². The number of pyridine rings is 1. The van der Waals surface area contributed by atoms with Crippen molar-refractivity contribution in [3.05, 3.63) is 45.4 Å². The van der Waals surface area contributed by atoms with E-state index in [0.29, 0.717) is 34.0 Å². The van der Waals surface area contributed by atoms with Crippen molar-refractivity contribution < 1.29 is 23.5 Å². The van der Waals surface area contributed by atoms with Gasteiger partial charge >= 0.3 is 11.9 Å². The molecular weight excluding hydrogens is 411 g/mol. The molecule has 2 heterocycles. The van der Waals surface area contributed by atoms with Gasteiger partial charge in [-0.05, 0) is 32.4 Å². The zero-order valence-corrected chi connectivity index (χ0v) is 20.5. The maximum Gasteiger partial charge on any atom is 0.374 e. The summed E-state index contributed by atoms with van der Waals surface area (Å²) in [6.07, 6.45) is 1.27. The van der Waals surface area contributed by atoms with E-state index in [2.05, 4.69) is 10.3 Å². The third-order valence-corrected chi connectivity index (χ3v) is 4.62. The van der Waals surface area contributed by atoms with E-state index < -0.39 is 11.9 Å². The molecular formula is C22H24N2NaO6. The number of ether oxygens (including phenoxy) is 2. The average Bonchev–Trinajstić information content (AvgIpc) is 2.73. The van der Waals surface area contributed by atoms with Gasteiger partial charge in [-0.25, -0.2) is 14.6 Å². The Labute approximate surface area is 201 Å². The van der Waals surface area contributed by atoms with Crippen LogP contribution in [0, 0.1) is 0 Å². The zero-order valence-electron chi connectivity index (χ0n) is 18.5. The van der Waals surface area contributed by atoms with Crippen LogP contribution in [-0.2, 0) is 15.9 Å². The van der Waals surface area contributed by atoms with E-state index in [-0.39, 0.29) is 65.2 Å². The van der Waals surface area contributed by atoms with Gasteiger partial charge < -0.3 is 19.2 Å². The predicted molar refractivity (Wildman–Crippen MR) is 119 cm³/mol. The molecule has 3 rings (SSSR count). The van der Waals surface area contributed by atoms with Gasteiger partial charge in [0.15, 0.2) is 11.1 Å². The minimum Gasteiger partial charge on any atom is -0.461 e. The Hall–Kier alpha value is -2.42. The SMILES string of the molecule is CCCc1c2nc(C(=O)OCC)cc(NC)c2cc2c(=O)cc(C(=O)OCC)oc12.[Na]. The summed E-state index contributed by atoms with van der Waals surface area (Å²) >= 11 is 0. The van der Waals surface area contributed by atoms with Gasteiger partial charge in [-0.1, -0.05) is 13.3 Å². The number of rotatable bonds is 7. The minimum atomic E-state index is -0.705. The molecule has 2 aromatic heterocycles. The molecule has 0 spiro atoms. The summed E-state index contributed by atoms with van der Waals surface area (Å²) in [6, 6.07) is 4.40. The fraction of sp³-hybridized carbons (Fsp3) is 0.364. The Bertz CT molecular complexity index is 1190. The molecule has 8 nitrogen and oxygen atoms in total. The van der Waals surface area contributed by atoms with Crippen LogP contribution in [0.25, 0.3) is 21.9 Å². The summed E-state index contributed by atoms with van der Waals surface area (Å²) in [5.74, 6) is -1.41. The van der Waals surface area contributed by atoms with Crippen LogP contribution in [-0.4, -0.2) is 66.7 Å². The van der Waals surface area contributed by atoms with E-state index in [1.807, 2.05) is 6.92 Å². The first kappa shape index (κ1) is 24.8. The van der Waals surface area contributed by atoms with Crippen LogP contribution in [0.15, 0.2) is 27.4 Å². The van der Waals surface area contributed by atoms with Crippen molar-refractivity contribution in [1.29, 1.82) is 0 Å². The number of esters is 2. The molecule has 0 atom stereocenters. The molecule has 0 bridgehead atoms. The molecule has 31 heavy (non-hydrogen) atoms. The van der Waals surface area contributed by atoms with E-state index in [1.54, 1.807) is 33.0 Å². The molecule has 1 aromatic carbocycles. The number of fused-ring (bicyclic) bond motifs is 2. The Morgan fingerprint density at radius 3 is 2.32 bits per heavy atom. The van der Waals surface area contributed by atoms with E-state index in [0.717, 1.165) is 12.5 Å². The van der Waals surface area contributed by atoms with Crippen molar-refractivity contribution in [3.63, 3.8) is 0 Å². The Kier molecular flexibility index (Phi) is 8.61. The molecule has 0 aliphatic heterocycles. The number of nitrogens with zero attached hydrogens (tertiary/aromatic N) is 1. The molecule has 0 saturated heterocycles. The molecule has 0 aliphatic carbocycles. The molecule has 3 aromatic rings. The molecule has 0 amide bonds. The Morgan fingerprint density at radius 2 is 1.71 bits per heavy atom. The number of aromatic nitrogens is 1. The van der Waals surface area contributed by atoms with Gasteiger partial charge in [0.05, 0.1) is 24.1 Å². The van der Waals surface area contributed by atoms with Gasteiger partial charge in [-0.3, -0.25) is 4.79 Å². The number of hydrogen-bond acceptors (Lipinski definition) is 8. The number of nitrogens with one attached hydrogen (secondary N) is 1. The molecule has 9 heteroatoms. The fourth-order valence-corrected chi connectivity index (χ4v) is 3.35. The van der Waals surface area contributed by atoms with Gasteiger partial charge in [0.25, 0.3) is 0 Å². The monoisotopic (exact) mass is 435 g/mol. The summed E-state index contributed by atoms with van der Waals surface area (Å²) in [5.41, 5.74) is 1.87. The second-order valence-electron chi connectivity index (χ2n) is 6.60. The van der Waals surface area contributed by atoms with Crippen molar-refractivity contribution in [2.24, 2.45) is 0 Å². The van der Waals surface area contributed by atoms with E-state index in [4.69, 9.17) is 13.9 Å². The molecule has 0 saturated carbocycles. The summed E-state index contributed by atoms with van der Waals surface area (Å²) in [5, 5.41) is 4.07. The van der Waals surface area contributed by atoms with Gasteiger partial charge in [0, 0.05) is 59.3 Å². The van der Waals surface area contributed by atoms with Gasteiger partial charge in [0.1, 0.15) is 5.58 Å². The Balaban J connectivity index is 0.00000341. The maximum absolute atomic E-state index is 12.8. The van der Waals surface area contributed by atoms with Crippen LogP contribution < -0.4 is 10.7 Å². The van der Waals surface area contributed by atoms with E-state index in [9.17, 15) is 14.4 Å². The van der Waals surface area contributed by atoms with Crippen molar-refractivity contribution in [1.82, 2.24) is 4.98 Å². The van der Waals surface area contributed by atoms with Crippen molar-refractivity contribution in [2.45, 2.75) is 33.6 Å². The van der Waals surface area contributed by atoms with Crippen molar-refractivity contribution >= 4 is 69.1 Å². The predicted octanol–water partition coefficient (Wildman–Crippen LogP) is 3.31. The van der Waals surface area contributed by atoms with Crippen LogP contribution in [0.1, 0.15) is 53.8 Å². The normalized spacial score (nSPS) is 10.6. The molecule has 0 aliphatic rings. The number of carbonyl (C=O) groups is 2. The maximum atomic E-state index is 12.8. The van der Waals surface area contributed by atoms with E-state index in [1.165, 1.54) is 0 Å². The second kappa shape index (κ2) is 10.7. The Morgan fingerprint density at radius 1 is 1.03 bits per heavy atom. The van der Waals surface area contributed by atoms with Gasteiger partial charge in [0.2, 0.25) is 5.76 Å². The first-order valence-electron chi connectivity index (χ1n) is 9.91. The molecule has 159 valence electrons. The van der Waals surface area contributed by atoms with Gasteiger partial charge in [-0.2, -0.15) is 0 Å². The smallest absolute Gasteiger partial charge is 0.374 e. The van der Waals surface area contributed by atoms with Crippen LogP contribution >= 0.6 is 0 Å². The summed E-state index contributed by atoms with van der Waals surface area (Å²) in [4.78, 5) is 41.8. The molecule has 0 fully saturated rings. The first-order chi connectivity index (χ1) is 14.4. The average molecular weight is 435 g/mol. The fourth-order valence-electron chi connectivity index (χ4n) is 3.35. The summed E-state index contributed by atoms with van der Waals surface area (Å²) in [7, 11) is 1.72. The quantitative estimate of drug-likeness (QED) is 0.342. The minimum absolute atomic E-state index is 0. The van der Waals surface area contributed by atoms with Crippen LogP contribution in [0.2, 0.25) is 0 Å². The van der Waals surface area contributed by atoms with Gasteiger partial charge in [-0.15, -0.1) is 0 Å². The van der Waals surface area contributed by atoms with E-state index >= 15 is 0 Å². The van der Waals surface area contributed by atoms with Crippen LogP contribution in [0.4, 0.5) is 5.69 Å². The number of hydrogen-bond donors (Lipinski definition) is 1. The molecule has 1 radical (unpaired) electrons. The van der Waals surface area contributed by atoms with Crippen molar-refractivity contribution in [2.75, 3.05) is 25.6 Å². The van der Waals surface area contributed by atoms with Crippen molar-refractivity contribution in [3.8, 4) is 0 Å². The van der Waals surface area contributed by atoms with Crippen LogP contribution in [0.3, 0.4) is 0 Å². The number of carbonyl (C=O) groups excluding carboxylic acids is 2. The standard InChI is InChI=1S/C22H24N2O6.Na/c1-5-8-12-19-13(15(23-4)10-16(24-19)21(26)28-6-2)9-14-17(25)11-18(30-20(12)14)22(27)29-7-3;/h9-11H,5-8H2,1-4H3,(H,23,24);. The molecule has 1 N–H and O–H groups in total. The third-order valence-electron chi connectivity index (χ3n) is 4.62. The zero-order chi connectivity index (χ0) is 21.8. The second-order valence-corrected chi connectivity index (χ2v) is 6.60.